The smallest absolute Gasteiger partial charge is 0.246 e. The molecule has 0 spiro atoms. The summed E-state index contributed by atoms with van der Waals surface area (Å²) in [5, 5.41) is 12.7. The van der Waals surface area contributed by atoms with E-state index in [-0.39, 0.29) is 37.5 Å². The normalized spacial score (nSPS) is 28.4. The molecule has 2 rings (SSSR count). The van der Waals surface area contributed by atoms with Gasteiger partial charge in [-0.3, -0.25) is 14.5 Å². The zero-order chi connectivity index (χ0) is 14.5. The van der Waals surface area contributed by atoms with Crippen LogP contribution in [-0.4, -0.2) is 73.5 Å². The van der Waals surface area contributed by atoms with E-state index in [0.717, 1.165) is 24.3 Å². The molecule has 2 N–H and O–H groups in total. The minimum atomic E-state index is -0.704. The maximum absolute atomic E-state index is 11.6. The first-order chi connectivity index (χ1) is 9.58. The summed E-state index contributed by atoms with van der Waals surface area (Å²) >= 11 is 0. The summed E-state index contributed by atoms with van der Waals surface area (Å²) in [6, 6.07) is -0.527. The molecule has 0 aliphatic carbocycles. The van der Waals surface area contributed by atoms with Gasteiger partial charge in [-0.2, -0.15) is 0 Å². The third kappa shape index (κ3) is 3.99. The highest BCUT2D eigenvalue weighted by Gasteiger charge is 2.35. The van der Waals surface area contributed by atoms with E-state index in [1.54, 1.807) is 0 Å². The molecule has 0 bridgehead atoms. The van der Waals surface area contributed by atoms with Crippen LogP contribution in [0.25, 0.3) is 0 Å². The van der Waals surface area contributed by atoms with Gasteiger partial charge >= 0.3 is 0 Å². The Balaban J connectivity index is 1.59. The van der Waals surface area contributed by atoms with Gasteiger partial charge in [0.05, 0.1) is 37.9 Å². The van der Waals surface area contributed by atoms with Crippen LogP contribution in [0.4, 0.5) is 0 Å². The topological polar surface area (TPSA) is 88.1 Å². The average Bonchev–Trinajstić information content (AvgIpc) is 3.01. The molecular weight excluding hydrogens is 264 g/mol. The van der Waals surface area contributed by atoms with Gasteiger partial charge in [0.15, 0.2) is 0 Å². The van der Waals surface area contributed by atoms with Gasteiger partial charge < -0.3 is 19.9 Å². The average molecular weight is 286 g/mol. The molecule has 3 atom stereocenters. The highest BCUT2D eigenvalue weighted by Crippen LogP contribution is 2.12. The van der Waals surface area contributed by atoms with Crippen molar-refractivity contribution < 1.29 is 24.2 Å². The fraction of sp³-hybridized carbons (Fsp3) is 0.846. The van der Waals surface area contributed by atoms with Crippen molar-refractivity contribution in [2.75, 3.05) is 33.4 Å². The number of aliphatic hydroxyl groups is 1. The predicted octanol–water partition coefficient (Wildman–Crippen LogP) is -1.11. The molecule has 0 aromatic carbocycles. The molecule has 0 aromatic heterocycles. The Hall–Kier alpha value is -1.02. The van der Waals surface area contributed by atoms with E-state index in [2.05, 4.69) is 5.32 Å². The highest BCUT2D eigenvalue weighted by molar-refractivity contribution is 6.05. The lowest BCUT2D eigenvalue weighted by Gasteiger charge is -2.16. The molecule has 20 heavy (non-hydrogen) atoms. The lowest BCUT2D eigenvalue weighted by molar-refractivity contribution is -0.137. The number of likely N-dealkylation sites (N-methyl/N-ethyl adjacent to an activating group) is 1. The van der Waals surface area contributed by atoms with E-state index in [9.17, 15) is 14.7 Å². The zero-order valence-electron chi connectivity index (χ0n) is 11.7. The van der Waals surface area contributed by atoms with Crippen molar-refractivity contribution in [2.45, 2.75) is 37.5 Å². The molecular formula is C13H22N2O5. The van der Waals surface area contributed by atoms with E-state index in [1.165, 1.54) is 7.05 Å². The number of ether oxygens (including phenoxy) is 2. The minimum Gasteiger partial charge on any atom is -0.389 e. The summed E-state index contributed by atoms with van der Waals surface area (Å²) in [5.41, 5.74) is 0. The predicted molar refractivity (Wildman–Crippen MR) is 70.0 cm³/mol. The van der Waals surface area contributed by atoms with Crippen molar-refractivity contribution >= 4 is 11.8 Å². The van der Waals surface area contributed by atoms with Gasteiger partial charge in [0, 0.05) is 20.2 Å². The number of carbonyl (C=O) groups is 2. The third-order valence-corrected chi connectivity index (χ3v) is 3.62. The summed E-state index contributed by atoms with van der Waals surface area (Å²) in [6.45, 7) is 1.69. The number of likely N-dealkylation sites (tertiary alicyclic amines) is 1. The van der Waals surface area contributed by atoms with E-state index in [0.29, 0.717) is 6.61 Å². The van der Waals surface area contributed by atoms with Gasteiger partial charge in [-0.15, -0.1) is 0 Å². The summed E-state index contributed by atoms with van der Waals surface area (Å²) in [5.74, 6) is -0.445. The second kappa shape index (κ2) is 7.12. The Kier molecular flexibility index (Phi) is 5.47. The van der Waals surface area contributed by atoms with Gasteiger partial charge in [0.1, 0.15) is 0 Å². The second-order valence-corrected chi connectivity index (χ2v) is 5.28. The van der Waals surface area contributed by atoms with Crippen molar-refractivity contribution in [3.05, 3.63) is 0 Å². The maximum Gasteiger partial charge on any atom is 0.246 e. The van der Waals surface area contributed by atoms with Gasteiger partial charge in [0.2, 0.25) is 11.8 Å². The molecule has 2 aliphatic heterocycles. The number of amides is 2. The van der Waals surface area contributed by atoms with Crippen molar-refractivity contribution in [1.29, 1.82) is 0 Å². The fourth-order valence-electron chi connectivity index (χ4n) is 2.36. The van der Waals surface area contributed by atoms with Crippen molar-refractivity contribution in [3.63, 3.8) is 0 Å². The fourth-order valence-corrected chi connectivity index (χ4v) is 2.36. The molecule has 0 radical (unpaired) electrons. The van der Waals surface area contributed by atoms with Crippen LogP contribution in [0.15, 0.2) is 0 Å². The molecule has 0 saturated carbocycles. The molecule has 7 heteroatoms. The summed E-state index contributed by atoms with van der Waals surface area (Å²) in [6.07, 6.45) is 1.64. The molecule has 0 aromatic rings. The Morgan fingerprint density at radius 2 is 2.35 bits per heavy atom. The molecule has 114 valence electrons. The van der Waals surface area contributed by atoms with Crippen molar-refractivity contribution in [1.82, 2.24) is 10.2 Å². The molecule has 2 fully saturated rings. The molecule has 2 amide bonds. The molecule has 2 heterocycles. The van der Waals surface area contributed by atoms with E-state index < -0.39 is 12.1 Å². The van der Waals surface area contributed by atoms with Crippen LogP contribution < -0.4 is 5.32 Å². The third-order valence-electron chi connectivity index (χ3n) is 3.62. The van der Waals surface area contributed by atoms with Crippen LogP contribution in [0.5, 0.6) is 0 Å². The Morgan fingerprint density at radius 1 is 1.55 bits per heavy atom. The standard InChI is InChI=1S/C13H22N2O5/c1-15-12(17)5-11(13(15)18)14-6-9(16)7-19-8-10-3-2-4-20-10/h9-11,14,16H,2-8H2,1H3. The molecule has 2 aliphatic rings. The van der Waals surface area contributed by atoms with Crippen LogP contribution in [0.3, 0.4) is 0 Å². The number of nitrogens with zero attached hydrogens (tertiary/aromatic N) is 1. The molecule has 7 nitrogen and oxygen atoms in total. The minimum absolute atomic E-state index is 0.137. The van der Waals surface area contributed by atoms with Crippen LogP contribution in [0.1, 0.15) is 19.3 Å². The summed E-state index contributed by atoms with van der Waals surface area (Å²) in [4.78, 5) is 24.1. The number of aliphatic hydroxyl groups excluding tert-OH is 1. The van der Waals surface area contributed by atoms with Crippen molar-refractivity contribution in [3.8, 4) is 0 Å². The molecule has 3 unspecified atom stereocenters. The van der Waals surface area contributed by atoms with E-state index in [4.69, 9.17) is 9.47 Å². The van der Waals surface area contributed by atoms with Gasteiger partial charge in [0.25, 0.3) is 0 Å². The number of nitrogens with one attached hydrogen (secondary N) is 1. The monoisotopic (exact) mass is 286 g/mol. The number of rotatable bonds is 7. The number of hydrogen-bond acceptors (Lipinski definition) is 6. The lowest BCUT2D eigenvalue weighted by Crippen LogP contribution is -2.42. The molecule has 2 saturated heterocycles. The van der Waals surface area contributed by atoms with Gasteiger partial charge in [-0.1, -0.05) is 0 Å². The maximum atomic E-state index is 11.6. The quantitative estimate of drug-likeness (QED) is 0.577. The van der Waals surface area contributed by atoms with Crippen LogP contribution in [0, 0.1) is 0 Å². The summed E-state index contributed by atoms with van der Waals surface area (Å²) < 4.78 is 10.8. The largest absolute Gasteiger partial charge is 0.389 e. The Morgan fingerprint density at radius 3 is 2.95 bits per heavy atom. The number of hydrogen-bond donors (Lipinski definition) is 2. The Labute approximate surface area is 118 Å². The van der Waals surface area contributed by atoms with Gasteiger partial charge in [-0.05, 0) is 12.8 Å². The van der Waals surface area contributed by atoms with Crippen LogP contribution in [0.2, 0.25) is 0 Å². The SMILES string of the molecule is CN1C(=O)CC(NCC(O)COCC2CCCO2)C1=O. The Bertz CT molecular complexity index is 357. The summed E-state index contributed by atoms with van der Waals surface area (Å²) in [7, 11) is 1.47. The van der Waals surface area contributed by atoms with E-state index >= 15 is 0 Å². The first-order valence-corrected chi connectivity index (χ1v) is 6.99. The second-order valence-electron chi connectivity index (χ2n) is 5.28. The van der Waals surface area contributed by atoms with Crippen LogP contribution in [-0.2, 0) is 19.1 Å². The number of imide groups is 1. The van der Waals surface area contributed by atoms with Gasteiger partial charge in [-0.25, -0.2) is 0 Å². The first-order valence-electron chi connectivity index (χ1n) is 6.99. The number of carbonyl (C=O) groups excluding carboxylic acids is 2. The van der Waals surface area contributed by atoms with E-state index in [1.807, 2.05) is 0 Å². The van der Waals surface area contributed by atoms with Crippen LogP contribution >= 0.6 is 0 Å². The highest BCUT2D eigenvalue weighted by atomic mass is 16.5. The zero-order valence-corrected chi connectivity index (χ0v) is 11.7. The lowest BCUT2D eigenvalue weighted by atomic mass is 10.2. The first kappa shape index (κ1) is 15.4. The van der Waals surface area contributed by atoms with Crippen molar-refractivity contribution in [2.24, 2.45) is 0 Å².